The van der Waals surface area contributed by atoms with Crippen LogP contribution in [0.2, 0.25) is 0 Å². The molecule has 1 saturated carbocycles. The van der Waals surface area contributed by atoms with Crippen LogP contribution in [0.3, 0.4) is 0 Å². The van der Waals surface area contributed by atoms with Crippen molar-refractivity contribution in [1.29, 1.82) is 0 Å². The fourth-order valence-electron chi connectivity index (χ4n) is 5.45. The lowest BCUT2D eigenvalue weighted by molar-refractivity contribution is -0.144. The van der Waals surface area contributed by atoms with Crippen LogP contribution in [0.5, 0.6) is 5.75 Å². The second-order valence-electron chi connectivity index (χ2n) is 11.9. The maximum atomic E-state index is 14.1. The molecule has 2 fully saturated rings. The van der Waals surface area contributed by atoms with Crippen molar-refractivity contribution in [2.24, 2.45) is 5.41 Å². The first-order valence-corrected chi connectivity index (χ1v) is 13.6. The van der Waals surface area contributed by atoms with Crippen LogP contribution < -0.4 is 5.32 Å². The molecular formula is C30H37N5O4. The second kappa shape index (κ2) is 10.8. The Balaban J connectivity index is 1.39. The zero-order chi connectivity index (χ0) is 27.7. The molecule has 3 N–H and O–H groups in total. The Hall–Kier alpha value is -3.72. The number of β-amino-alcohol motifs (C(OH)–C–C–N with tert-alkyl or cyclic N) is 1. The molecule has 1 aromatic heterocycles. The van der Waals surface area contributed by atoms with Gasteiger partial charge in [-0.25, -0.2) is 4.68 Å². The Morgan fingerprint density at radius 3 is 2.51 bits per heavy atom. The number of nitrogens with one attached hydrogen (secondary N) is 1. The fraction of sp³-hybridized carbons (Fsp3) is 0.467. The Bertz CT molecular complexity index is 1310. The lowest BCUT2D eigenvalue weighted by atomic mass is 9.85. The largest absolute Gasteiger partial charge is 0.508 e. The van der Waals surface area contributed by atoms with Gasteiger partial charge in [-0.2, -0.15) is 0 Å². The maximum absolute atomic E-state index is 14.1. The van der Waals surface area contributed by atoms with Gasteiger partial charge in [0, 0.05) is 25.1 Å². The predicted octanol–water partition coefficient (Wildman–Crippen LogP) is 3.51. The highest BCUT2D eigenvalue weighted by atomic mass is 16.3. The Morgan fingerprint density at radius 1 is 1.10 bits per heavy atom. The van der Waals surface area contributed by atoms with E-state index in [4.69, 9.17) is 0 Å². The highest BCUT2D eigenvalue weighted by Gasteiger charge is 2.45. The van der Waals surface area contributed by atoms with Crippen LogP contribution in [0.4, 0.5) is 0 Å². The van der Waals surface area contributed by atoms with E-state index in [-0.39, 0.29) is 36.6 Å². The van der Waals surface area contributed by atoms with Gasteiger partial charge in [0.15, 0.2) is 0 Å². The van der Waals surface area contributed by atoms with Crippen molar-refractivity contribution < 1.29 is 19.8 Å². The molecule has 0 radical (unpaired) electrons. The van der Waals surface area contributed by atoms with E-state index < -0.39 is 23.6 Å². The van der Waals surface area contributed by atoms with Crippen molar-refractivity contribution in [2.75, 3.05) is 6.54 Å². The molecule has 0 bridgehead atoms. The molecule has 2 aromatic carbocycles. The number of phenolic OH excluding ortho intramolecular Hbond substituents is 1. The zero-order valence-corrected chi connectivity index (χ0v) is 22.7. The van der Waals surface area contributed by atoms with Gasteiger partial charge in [0.2, 0.25) is 11.8 Å². The van der Waals surface area contributed by atoms with E-state index >= 15 is 0 Å². The smallest absolute Gasteiger partial charge is 0.248 e. The Morgan fingerprint density at radius 2 is 1.85 bits per heavy atom. The first kappa shape index (κ1) is 26.9. The van der Waals surface area contributed by atoms with Gasteiger partial charge in [-0.1, -0.05) is 68.4 Å². The van der Waals surface area contributed by atoms with Crippen molar-refractivity contribution >= 4 is 11.8 Å². The maximum Gasteiger partial charge on any atom is 0.248 e. The van der Waals surface area contributed by atoms with Gasteiger partial charge >= 0.3 is 0 Å². The molecule has 206 valence electrons. The average molecular weight is 532 g/mol. The summed E-state index contributed by atoms with van der Waals surface area (Å²) in [5, 5.41) is 32.3. The molecule has 1 aliphatic carbocycles. The number of amides is 2. The topological polar surface area (TPSA) is 121 Å². The van der Waals surface area contributed by atoms with E-state index in [0.717, 1.165) is 29.7 Å². The minimum absolute atomic E-state index is 0.0796. The van der Waals surface area contributed by atoms with Gasteiger partial charge in [-0.05, 0) is 47.9 Å². The molecule has 3 aromatic rings. The number of aliphatic hydroxyl groups excluding tert-OH is 1. The number of carbonyl (C=O) groups is 2. The molecule has 4 atom stereocenters. The highest BCUT2D eigenvalue weighted by molar-refractivity contribution is 5.90. The predicted molar refractivity (Wildman–Crippen MR) is 146 cm³/mol. The molecular weight excluding hydrogens is 494 g/mol. The molecule has 2 heterocycles. The molecule has 2 aliphatic rings. The standard InChI is InChI=1S/C30H37N5O4/c1-30(2,3)27(35-18-25(32-33-35)21-12-13-21)29(39)34-17-23(37)16-26(34)28(38)31-24(20-9-5-4-6-10-20)15-19-8-7-11-22(36)14-19/h4-11,14,18,21,23-24,26-27,36-37H,12-13,15-17H2,1-3H3,(H,31,38)/t23-,24?,26+,27-/m1/s1. The molecule has 9 nitrogen and oxygen atoms in total. The van der Waals surface area contributed by atoms with Gasteiger partial charge in [0.25, 0.3) is 0 Å². The molecule has 1 unspecified atom stereocenters. The van der Waals surface area contributed by atoms with Crippen LogP contribution in [0.1, 0.15) is 74.9 Å². The van der Waals surface area contributed by atoms with Crippen LogP contribution in [0.15, 0.2) is 60.8 Å². The fourth-order valence-corrected chi connectivity index (χ4v) is 5.45. The highest BCUT2D eigenvalue weighted by Crippen LogP contribution is 2.40. The van der Waals surface area contributed by atoms with Gasteiger partial charge in [-0.15, -0.1) is 5.10 Å². The van der Waals surface area contributed by atoms with Crippen molar-refractivity contribution in [1.82, 2.24) is 25.2 Å². The lowest BCUT2D eigenvalue weighted by Crippen LogP contribution is -2.51. The van der Waals surface area contributed by atoms with Crippen molar-refractivity contribution in [3.8, 4) is 5.75 Å². The van der Waals surface area contributed by atoms with Gasteiger partial charge in [0.1, 0.15) is 17.8 Å². The number of aliphatic hydroxyl groups is 1. The number of aromatic nitrogens is 3. The molecule has 0 spiro atoms. The summed E-state index contributed by atoms with van der Waals surface area (Å²) in [5.41, 5.74) is 2.18. The normalized spacial score (nSPS) is 21.0. The van der Waals surface area contributed by atoms with Crippen LogP contribution in [0.25, 0.3) is 0 Å². The van der Waals surface area contributed by atoms with Crippen LogP contribution in [0, 0.1) is 5.41 Å². The van der Waals surface area contributed by atoms with Crippen LogP contribution in [-0.4, -0.2) is 60.6 Å². The number of nitrogens with zero attached hydrogens (tertiary/aromatic N) is 4. The number of phenols is 1. The van der Waals surface area contributed by atoms with E-state index in [1.807, 2.05) is 63.4 Å². The summed E-state index contributed by atoms with van der Waals surface area (Å²) in [6.45, 7) is 5.99. The Kier molecular flexibility index (Phi) is 7.44. The van der Waals surface area contributed by atoms with Crippen LogP contribution in [-0.2, 0) is 16.0 Å². The van der Waals surface area contributed by atoms with Gasteiger partial charge in [0.05, 0.1) is 17.8 Å². The van der Waals surface area contributed by atoms with Crippen molar-refractivity contribution in [2.45, 2.75) is 76.6 Å². The number of hydrogen-bond acceptors (Lipinski definition) is 6. The number of rotatable bonds is 8. The molecule has 2 amide bonds. The average Bonchev–Trinajstić information content (AvgIpc) is 3.50. The summed E-state index contributed by atoms with van der Waals surface area (Å²) >= 11 is 0. The summed E-state index contributed by atoms with van der Waals surface area (Å²) in [7, 11) is 0. The molecule has 39 heavy (non-hydrogen) atoms. The third-order valence-corrected chi connectivity index (χ3v) is 7.58. The summed E-state index contributed by atoms with van der Waals surface area (Å²) < 4.78 is 1.63. The summed E-state index contributed by atoms with van der Waals surface area (Å²) in [6, 6.07) is 14.7. The minimum Gasteiger partial charge on any atom is -0.508 e. The molecule has 9 heteroatoms. The second-order valence-corrected chi connectivity index (χ2v) is 11.9. The monoisotopic (exact) mass is 531 g/mol. The SMILES string of the molecule is CC(C)(C)[C@@H](C(=O)N1C[C@H](O)C[C@H]1C(=O)NC(Cc1cccc(O)c1)c1ccccc1)n1cc(C2CC2)nn1. The molecule has 1 saturated heterocycles. The number of benzene rings is 2. The first-order valence-electron chi connectivity index (χ1n) is 13.6. The Labute approximate surface area is 228 Å². The van der Waals surface area contributed by atoms with Crippen molar-refractivity contribution in [3.05, 3.63) is 77.6 Å². The number of aromatic hydroxyl groups is 1. The minimum atomic E-state index is -0.820. The van der Waals surface area contributed by atoms with Gasteiger partial charge in [-0.3, -0.25) is 9.59 Å². The lowest BCUT2D eigenvalue weighted by Gasteiger charge is -2.35. The summed E-state index contributed by atoms with van der Waals surface area (Å²) in [5.74, 6) is -0.00920. The van der Waals surface area contributed by atoms with Crippen LogP contribution >= 0.6 is 0 Å². The summed E-state index contributed by atoms with van der Waals surface area (Å²) in [6.07, 6.45) is 3.84. The number of carbonyl (C=O) groups excluding carboxylic acids is 2. The third kappa shape index (κ3) is 6.14. The van der Waals surface area contributed by atoms with Crippen molar-refractivity contribution in [3.63, 3.8) is 0 Å². The van der Waals surface area contributed by atoms with E-state index in [1.165, 1.54) is 4.90 Å². The first-order chi connectivity index (χ1) is 18.6. The van der Waals surface area contributed by atoms with E-state index in [2.05, 4.69) is 15.6 Å². The molecule has 5 rings (SSSR count). The van der Waals surface area contributed by atoms with E-state index in [0.29, 0.717) is 12.3 Å². The molecule has 1 aliphatic heterocycles. The van der Waals surface area contributed by atoms with E-state index in [9.17, 15) is 19.8 Å². The number of hydrogen-bond donors (Lipinski definition) is 3. The zero-order valence-electron chi connectivity index (χ0n) is 22.7. The quantitative estimate of drug-likeness (QED) is 0.409. The number of likely N-dealkylation sites (tertiary alicyclic amines) is 1. The van der Waals surface area contributed by atoms with E-state index in [1.54, 1.807) is 22.9 Å². The summed E-state index contributed by atoms with van der Waals surface area (Å²) in [4.78, 5) is 29.3. The van der Waals surface area contributed by atoms with Gasteiger partial charge < -0.3 is 20.4 Å². The third-order valence-electron chi connectivity index (χ3n) is 7.58.